The predicted octanol–water partition coefficient (Wildman–Crippen LogP) is 3.75. The van der Waals surface area contributed by atoms with Gasteiger partial charge in [-0.2, -0.15) is 13.2 Å². The van der Waals surface area contributed by atoms with E-state index in [1.807, 2.05) is 0 Å². The molecule has 0 atom stereocenters. The van der Waals surface area contributed by atoms with Crippen LogP contribution >= 0.6 is 0 Å². The van der Waals surface area contributed by atoms with Crippen molar-refractivity contribution in [3.05, 3.63) is 71.3 Å². The molecule has 0 bridgehead atoms. The quantitative estimate of drug-likeness (QED) is 0.735. The summed E-state index contributed by atoms with van der Waals surface area (Å²) in [7, 11) is -1.81. The second kappa shape index (κ2) is 8.47. The van der Waals surface area contributed by atoms with Gasteiger partial charge in [-0.05, 0) is 41.5 Å². The number of hydrogen-bond donors (Lipinski definition) is 1. The number of sulfonamides is 1. The normalized spacial score (nSPS) is 12.2. The molecule has 5 nitrogen and oxygen atoms in total. The smallest absolute Gasteiger partial charge is 0.338 e. The molecular formula is C19H19F3N2O3S. The molecule has 0 aliphatic carbocycles. The number of alkyl halides is 3. The molecule has 0 aliphatic heterocycles. The van der Waals surface area contributed by atoms with Gasteiger partial charge < -0.3 is 4.90 Å². The highest BCUT2D eigenvalue weighted by Crippen LogP contribution is 2.29. The molecule has 0 saturated heterocycles. The summed E-state index contributed by atoms with van der Waals surface area (Å²) >= 11 is 0. The lowest BCUT2D eigenvalue weighted by atomic mass is 10.1. The van der Waals surface area contributed by atoms with Gasteiger partial charge >= 0.3 is 6.18 Å². The van der Waals surface area contributed by atoms with E-state index in [9.17, 15) is 26.4 Å². The number of halogens is 3. The van der Waals surface area contributed by atoms with Crippen LogP contribution in [0.15, 0.2) is 54.6 Å². The van der Waals surface area contributed by atoms with Crippen LogP contribution in [0.5, 0.6) is 0 Å². The molecule has 2 rings (SSSR count). The average Bonchev–Trinajstić information content (AvgIpc) is 2.59. The molecule has 0 radical (unpaired) electrons. The number of carbonyl (C=O) groups is 1. The molecular weight excluding hydrogens is 393 g/mol. The third-order valence-electron chi connectivity index (χ3n) is 3.71. The van der Waals surface area contributed by atoms with E-state index in [4.69, 9.17) is 0 Å². The van der Waals surface area contributed by atoms with E-state index < -0.39 is 21.8 Å². The number of benzene rings is 2. The van der Waals surface area contributed by atoms with Gasteiger partial charge in [0.15, 0.2) is 0 Å². The van der Waals surface area contributed by atoms with E-state index in [-0.39, 0.29) is 12.5 Å². The first kappa shape index (κ1) is 21.5. The van der Waals surface area contributed by atoms with E-state index in [2.05, 4.69) is 4.72 Å². The molecule has 9 heteroatoms. The Kier molecular flexibility index (Phi) is 6.50. The minimum absolute atomic E-state index is 0.165. The molecule has 0 spiro atoms. The van der Waals surface area contributed by atoms with Crippen LogP contribution in [0.2, 0.25) is 0 Å². The van der Waals surface area contributed by atoms with Crippen molar-refractivity contribution in [2.45, 2.75) is 12.7 Å². The Morgan fingerprint density at radius 1 is 1.07 bits per heavy atom. The number of anilines is 1. The largest absolute Gasteiger partial charge is 0.416 e. The van der Waals surface area contributed by atoms with E-state index in [0.29, 0.717) is 16.8 Å². The minimum atomic E-state index is -4.39. The summed E-state index contributed by atoms with van der Waals surface area (Å²) in [6.07, 6.45) is -0.444. The summed E-state index contributed by atoms with van der Waals surface area (Å²) in [6, 6.07) is 11.1. The van der Waals surface area contributed by atoms with Crippen LogP contribution in [-0.2, 0) is 27.5 Å². The van der Waals surface area contributed by atoms with Crippen molar-refractivity contribution in [2.24, 2.45) is 0 Å². The fourth-order valence-corrected chi connectivity index (χ4v) is 2.89. The molecule has 0 aromatic heterocycles. The molecule has 0 aliphatic rings. The zero-order valence-corrected chi connectivity index (χ0v) is 16.0. The van der Waals surface area contributed by atoms with Gasteiger partial charge in [0.2, 0.25) is 15.9 Å². The maximum atomic E-state index is 12.6. The van der Waals surface area contributed by atoms with Gasteiger partial charge in [0.1, 0.15) is 0 Å². The number of rotatable bonds is 6. The molecule has 0 heterocycles. The summed E-state index contributed by atoms with van der Waals surface area (Å²) in [6.45, 7) is 0.165. The lowest BCUT2D eigenvalue weighted by Gasteiger charge is -2.16. The van der Waals surface area contributed by atoms with Gasteiger partial charge in [0, 0.05) is 25.4 Å². The molecule has 2 aromatic rings. The van der Waals surface area contributed by atoms with Gasteiger partial charge in [-0.25, -0.2) is 8.42 Å². The standard InChI is InChI=1S/C19H19F3N2O3S/c1-24(13-15-3-8-16(9-4-15)19(20,21)22)18(25)12-7-14-5-10-17(11-6-14)23-28(2,26)27/h3-12,23H,13H2,1-2H3/b12-7+. The molecule has 0 fully saturated rings. The van der Waals surface area contributed by atoms with Gasteiger partial charge in [-0.3, -0.25) is 9.52 Å². The summed E-state index contributed by atoms with van der Waals surface area (Å²) in [5.41, 5.74) is 0.938. The van der Waals surface area contributed by atoms with Crippen molar-refractivity contribution in [3.8, 4) is 0 Å². The SMILES string of the molecule is CN(Cc1ccc(C(F)(F)F)cc1)C(=O)/C=C/c1ccc(NS(C)(=O)=O)cc1. The molecule has 0 saturated carbocycles. The fraction of sp³-hybridized carbons (Fsp3) is 0.211. The highest BCUT2D eigenvalue weighted by Gasteiger charge is 2.29. The van der Waals surface area contributed by atoms with Crippen molar-refractivity contribution < 1.29 is 26.4 Å². The Labute approximate surface area is 161 Å². The Bertz CT molecular complexity index is 951. The minimum Gasteiger partial charge on any atom is -0.338 e. The van der Waals surface area contributed by atoms with Crippen LogP contribution in [-0.4, -0.2) is 32.5 Å². The number of nitrogens with one attached hydrogen (secondary N) is 1. The van der Waals surface area contributed by atoms with Crippen LogP contribution in [0, 0.1) is 0 Å². The lowest BCUT2D eigenvalue weighted by Crippen LogP contribution is -2.24. The van der Waals surface area contributed by atoms with E-state index in [1.54, 1.807) is 37.4 Å². The first-order valence-corrected chi connectivity index (χ1v) is 10.0. The predicted molar refractivity (Wildman–Crippen MR) is 102 cm³/mol. The van der Waals surface area contributed by atoms with Crippen molar-refractivity contribution in [2.75, 3.05) is 18.0 Å². The highest BCUT2D eigenvalue weighted by molar-refractivity contribution is 7.92. The fourth-order valence-electron chi connectivity index (χ4n) is 2.32. The monoisotopic (exact) mass is 412 g/mol. The highest BCUT2D eigenvalue weighted by atomic mass is 32.2. The topological polar surface area (TPSA) is 66.5 Å². The molecule has 150 valence electrons. The Hall–Kier alpha value is -2.81. The third-order valence-corrected chi connectivity index (χ3v) is 4.32. The number of hydrogen-bond acceptors (Lipinski definition) is 3. The summed E-state index contributed by atoms with van der Waals surface area (Å²) in [5.74, 6) is -0.321. The molecule has 0 unspecified atom stereocenters. The van der Waals surface area contributed by atoms with Crippen LogP contribution in [0.25, 0.3) is 6.08 Å². The van der Waals surface area contributed by atoms with Crippen LogP contribution in [0.1, 0.15) is 16.7 Å². The van der Waals surface area contributed by atoms with Gasteiger partial charge in [0.25, 0.3) is 0 Å². The summed E-state index contributed by atoms with van der Waals surface area (Å²) < 4.78 is 62.4. The van der Waals surface area contributed by atoms with Crippen molar-refractivity contribution in [1.29, 1.82) is 0 Å². The van der Waals surface area contributed by atoms with Gasteiger partial charge in [-0.15, -0.1) is 0 Å². The van der Waals surface area contributed by atoms with Crippen LogP contribution < -0.4 is 4.72 Å². The third kappa shape index (κ3) is 6.73. The number of amides is 1. The summed E-state index contributed by atoms with van der Waals surface area (Å²) in [5, 5.41) is 0. The zero-order chi connectivity index (χ0) is 20.9. The first-order chi connectivity index (χ1) is 12.9. The maximum Gasteiger partial charge on any atom is 0.416 e. The Morgan fingerprint density at radius 3 is 2.14 bits per heavy atom. The molecule has 1 N–H and O–H groups in total. The van der Waals surface area contributed by atoms with Gasteiger partial charge in [-0.1, -0.05) is 24.3 Å². The maximum absolute atomic E-state index is 12.6. The van der Waals surface area contributed by atoms with Crippen LogP contribution in [0.3, 0.4) is 0 Å². The number of likely N-dealkylation sites (N-methyl/N-ethyl adjacent to an activating group) is 1. The Balaban J connectivity index is 1.96. The second-order valence-electron chi connectivity index (χ2n) is 6.22. The van der Waals surface area contributed by atoms with Crippen molar-refractivity contribution in [3.63, 3.8) is 0 Å². The van der Waals surface area contributed by atoms with E-state index in [0.717, 1.165) is 18.4 Å². The van der Waals surface area contributed by atoms with Crippen LogP contribution in [0.4, 0.5) is 18.9 Å². The molecule has 2 aromatic carbocycles. The molecule has 1 amide bonds. The molecule has 28 heavy (non-hydrogen) atoms. The first-order valence-electron chi connectivity index (χ1n) is 8.11. The zero-order valence-electron chi connectivity index (χ0n) is 15.2. The average molecular weight is 412 g/mol. The Morgan fingerprint density at radius 2 is 1.64 bits per heavy atom. The van der Waals surface area contributed by atoms with Crippen molar-refractivity contribution >= 4 is 27.7 Å². The number of nitrogens with zero attached hydrogens (tertiary/aromatic N) is 1. The van der Waals surface area contributed by atoms with Gasteiger partial charge in [0.05, 0.1) is 11.8 Å². The lowest BCUT2D eigenvalue weighted by molar-refractivity contribution is -0.137. The van der Waals surface area contributed by atoms with E-state index in [1.165, 1.54) is 23.1 Å². The van der Waals surface area contributed by atoms with Crippen molar-refractivity contribution in [1.82, 2.24) is 4.90 Å². The van der Waals surface area contributed by atoms with E-state index >= 15 is 0 Å². The second-order valence-corrected chi connectivity index (χ2v) is 7.97. The number of carbonyl (C=O) groups excluding carboxylic acids is 1. The summed E-state index contributed by atoms with van der Waals surface area (Å²) in [4.78, 5) is 13.5.